The predicted octanol–water partition coefficient (Wildman–Crippen LogP) is 4.94. The summed E-state index contributed by atoms with van der Waals surface area (Å²) in [5.41, 5.74) is 4.53. The van der Waals surface area contributed by atoms with Crippen LogP contribution >= 0.6 is 0 Å². The molecular formula is C23H26N4O2. The van der Waals surface area contributed by atoms with E-state index in [0.717, 1.165) is 28.5 Å². The van der Waals surface area contributed by atoms with Crippen molar-refractivity contribution in [2.24, 2.45) is 0 Å². The predicted molar refractivity (Wildman–Crippen MR) is 116 cm³/mol. The molecule has 1 aromatic heterocycles. The molecule has 2 N–H and O–H groups in total. The van der Waals surface area contributed by atoms with Crippen molar-refractivity contribution in [3.05, 3.63) is 71.5 Å². The van der Waals surface area contributed by atoms with E-state index in [0.29, 0.717) is 25.4 Å². The lowest BCUT2D eigenvalue weighted by Crippen LogP contribution is -2.13. The summed E-state index contributed by atoms with van der Waals surface area (Å²) in [6.07, 6.45) is 1.04. The third-order valence-electron chi connectivity index (χ3n) is 4.22. The Morgan fingerprint density at radius 2 is 1.62 bits per heavy atom. The van der Waals surface area contributed by atoms with Crippen molar-refractivity contribution in [2.75, 3.05) is 17.2 Å². The SMILES string of the molecule is Cc1ccc(OCCCC(=O)Nc2cccc(Nc3nc(C)cc(C)n3)c2)cc1. The Labute approximate surface area is 171 Å². The Bertz CT molecular complexity index is 951. The minimum Gasteiger partial charge on any atom is -0.494 e. The Hall–Kier alpha value is -3.41. The second kappa shape index (κ2) is 9.68. The van der Waals surface area contributed by atoms with Gasteiger partial charge in [0.25, 0.3) is 0 Å². The fourth-order valence-electron chi connectivity index (χ4n) is 2.87. The van der Waals surface area contributed by atoms with E-state index in [4.69, 9.17) is 4.74 Å². The number of hydrogen-bond donors (Lipinski definition) is 2. The molecule has 6 heteroatoms. The van der Waals surface area contributed by atoms with Gasteiger partial charge in [-0.3, -0.25) is 4.79 Å². The van der Waals surface area contributed by atoms with E-state index in [1.165, 1.54) is 5.56 Å². The van der Waals surface area contributed by atoms with Gasteiger partial charge in [-0.1, -0.05) is 23.8 Å². The van der Waals surface area contributed by atoms with Crippen LogP contribution in [0.15, 0.2) is 54.6 Å². The van der Waals surface area contributed by atoms with E-state index in [1.807, 2.05) is 75.4 Å². The third kappa shape index (κ3) is 6.60. The summed E-state index contributed by atoms with van der Waals surface area (Å²) in [7, 11) is 0. The summed E-state index contributed by atoms with van der Waals surface area (Å²) in [4.78, 5) is 21.0. The van der Waals surface area contributed by atoms with Crippen molar-refractivity contribution in [1.29, 1.82) is 0 Å². The third-order valence-corrected chi connectivity index (χ3v) is 4.22. The molecule has 0 saturated heterocycles. The summed E-state index contributed by atoms with van der Waals surface area (Å²) in [6.45, 7) is 6.40. The zero-order chi connectivity index (χ0) is 20.6. The van der Waals surface area contributed by atoms with Gasteiger partial charge in [-0.2, -0.15) is 0 Å². The number of aryl methyl sites for hydroxylation is 3. The number of ether oxygens (including phenoxy) is 1. The highest BCUT2D eigenvalue weighted by Crippen LogP contribution is 2.19. The lowest BCUT2D eigenvalue weighted by Gasteiger charge is -2.10. The van der Waals surface area contributed by atoms with E-state index >= 15 is 0 Å². The maximum Gasteiger partial charge on any atom is 0.227 e. The average molecular weight is 390 g/mol. The van der Waals surface area contributed by atoms with Gasteiger partial charge in [0, 0.05) is 29.2 Å². The number of hydrogen-bond acceptors (Lipinski definition) is 5. The number of rotatable bonds is 8. The lowest BCUT2D eigenvalue weighted by molar-refractivity contribution is -0.116. The van der Waals surface area contributed by atoms with Crippen LogP contribution in [0.5, 0.6) is 5.75 Å². The smallest absolute Gasteiger partial charge is 0.227 e. The summed E-state index contributed by atoms with van der Waals surface area (Å²) in [5.74, 6) is 1.32. The molecular weight excluding hydrogens is 364 g/mol. The first-order valence-corrected chi connectivity index (χ1v) is 9.66. The summed E-state index contributed by atoms with van der Waals surface area (Å²) < 4.78 is 5.66. The maximum absolute atomic E-state index is 12.2. The lowest BCUT2D eigenvalue weighted by atomic mass is 10.2. The molecule has 2 aromatic carbocycles. The maximum atomic E-state index is 12.2. The molecule has 0 saturated carbocycles. The molecule has 29 heavy (non-hydrogen) atoms. The van der Waals surface area contributed by atoms with Crippen molar-refractivity contribution in [3.8, 4) is 5.75 Å². The number of aromatic nitrogens is 2. The molecule has 1 heterocycles. The molecule has 3 aromatic rings. The van der Waals surface area contributed by atoms with Crippen LogP contribution in [0.4, 0.5) is 17.3 Å². The van der Waals surface area contributed by atoms with Gasteiger partial charge in [0.1, 0.15) is 5.75 Å². The minimum atomic E-state index is -0.0442. The van der Waals surface area contributed by atoms with Crippen LogP contribution in [0.25, 0.3) is 0 Å². The standard InChI is InChI=1S/C23H26N4O2/c1-16-9-11-21(12-10-16)29-13-5-8-22(28)26-19-6-4-7-20(15-19)27-23-24-17(2)14-18(3)25-23/h4,6-7,9-12,14-15H,5,8,13H2,1-3H3,(H,26,28)(H,24,25,27). The summed E-state index contributed by atoms with van der Waals surface area (Å²) in [5, 5.41) is 6.10. The van der Waals surface area contributed by atoms with Crippen LogP contribution in [0.3, 0.4) is 0 Å². The normalized spacial score (nSPS) is 10.4. The molecule has 3 rings (SSSR count). The Morgan fingerprint density at radius 3 is 2.34 bits per heavy atom. The molecule has 1 amide bonds. The molecule has 0 aliphatic heterocycles. The zero-order valence-electron chi connectivity index (χ0n) is 17.0. The number of anilines is 3. The second-order valence-electron chi connectivity index (χ2n) is 6.99. The van der Waals surface area contributed by atoms with Crippen molar-refractivity contribution in [1.82, 2.24) is 9.97 Å². The zero-order valence-corrected chi connectivity index (χ0v) is 17.0. The number of nitrogens with one attached hydrogen (secondary N) is 2. The largest absolute Gasteiger partial charge is 0.494 e. The molecule has 0 unspecified atom stereocenters. The van der Waals surface area contributed by atoms with Crippen LogP contribution in [0.1, 0.15) is 29.8 Å². The molecule has 0 fully saturated rings. The highest BCUT2D eigenvalue weighted by molar-refractivity contribution is 5.91. The van der Waals surface area contributed by atoms with Crippen molar-refractivity contribution >= 4 is 23.2 Å². The van der Waals surface area contributed by atoms with Gasteiger partial charge in [-0.15, -0.1) is 0 Å². The molecule has 0 atom stereocenters. The van der Waals surface area contributed by atoms with Gasteiger partial charge in [-0.05, 0) is 63.6 Å². The molecule has 0 radical (unpaired) electrons. The number of carbonyl (C=O) groups excluding carboxylic acids is 1. The van der Waals surface area contributed by atoms with Crippen LogP contribution in [-0.4, -0.2) is 22.5 Å². The average Bonchev–Trinajstić information content (AvgIpc) is 2.66. The first kappa shape index (κ1) is 20.3. The molecule has 0 spiro atoms. The Kier molecular flexibility index (Phi) is 6.79. The Morgan fingerprint density at radius 1 is 0.931 bits per heavy atom. The van der Waals surface area contributed by atoms with Crippen LogP contribution < -0.4 is 15.4 Å². The highest BCUT2D eigenvalue weighted by Gasteiger charge is 2.05. The number of benzene rings is 2. The van der Waals surface area contributed by atoms with Crippen LogP contribution in [0, 0.1) is 20.8 Å². The van der Waals surface area contributed by atoms with E-state index in [1.54, 1.807) is 0 Å². The topological polar surface area (TPSA) is 76.1 Å². The van der Waals surface area contributed by atoms with Gasteiger partial charge in [0.05, 0.1) is 6.61 Å². The van der Waals surface area contributed by atoms with E-state index < -0.39 is 0 Å². The Balaban J connectivity index is 1.47. The minimum absolute atomic E-state index is 0.0442. The van der Waals surface area contributed by atoms with Crippen molar-refractivity contribution in [3.63, 3.8) is 0 Å². The first-order chi connectivity index (χ1) is 14.0. The van der Waals surface area contributed by atoms with Gasteiger partial charge in [0.2, 0.25) is 11.9 Å². The molecule has 150 valence electrons. The van der Waals surface area contributed by atoms with Crippen molar-refractivity contribution < 1.29 is 9.53 Å². The van der Waals surface area contributed by atoms with Gasteiger partial charge >= 0.3 is 0 Å². The monoisotopic (exact) mass is 390 g/mol. The van der Waals surface area contributed by atoms with Crippen LogP contribution in [-0.2, 0) is 4.79 Å². The number of nitrogens with zero attached hydrogens (tertiary/aromatic N) is 2. The van der Waals surface area contributed by atoms with E-state index in [9.17, 15) is 4.79 Å². The molecule has 0 aliphatic carbocycles. The van der Waals surface area contributed by atoms with Crippen molar-refractivity contribution in [2.45, 2.75) is 33.6 Å². The fraction of sp³-hybridized carbons (Fsp3) is 0.261. The second-order valence-corrected chi connectivity index (χ2v) is 6.99. The van der Waals surface area contributed by atoms with Gasteiger partial charge in [0.15, 0.2) is 0 Å². The number of carbonyl (C=O) groups is 1. The molecule has 6 nitrogen and oxygen atoms in total. The number of amides is 1. The summed E-state index contributed by atoms with van der Waals surface area (Å²) >= 11 is 0. The molecule has 0 aliphatic rings. The molecule has 0 bridgehead atoms. The highest BCUT2D eigenvalue weighted by atomic mass is 16.5. The van der Waals surface area contributed by atoms with E-state index in [-0.39, 0.29) is 5.91 Å². The van der Waals surface area contributed by atoms with E-state index in [2.05, 4.69) is 20.6 Å². The fourth-order valence-corrected chi connectivity index (χ4v) is 2.87. The first-order valence-electron chi connectivity index (χ1n) is 9.66. The van der Waals surface area contributed by atoms with Crippen LogP contribution in [0.2, 0.25) is 0 Å². The summed E-state index contributed by atoms with van der Waals surface area (Å²) in [6, 6.07) is 17.3. The van der Waals surface area contributed by atoms with Gasteiger partial charge in [-0.25, -0.2) is 9.97 Å². The van der Waals surface area contributed by atoms with Gasteiger partial charge < -0.3 is 15.4 Å². The quantitative estimate of drug-likeness (QED) is 0.533.